The Morgan fingerprint density at radius 2 is 1.71 bits per heavy atom. The Labute approximate surface area is 211 Å². The molecule has 0 bridgehead atoms. The van der Waals surface area contributed by atoms with Gasteiger partial charge in [0.15, 0.2) is 0 Å². The van der Waals surface area contributed by atoms with Gasteiger partial charge in [-0.3, -0.25) is 0 Å². The van der Waals surface area contributed by atoms with Crippen LogP contribution in [0.25, 0.3) is 11.3 Å². The number of amidine groups is 1. The Bertz CT molecular complexity index is 1400. The van der Waals surface area contributed by atoms with Crippen LogP contribution in [-0.4, -0.2) is 26.3 Å². The molecule has 0 saturated carbocycles. The van der Waals surface area contributed by atoms with Gasteiger partial charge in [-0.15, -0.1) is 15.7 Å². The molecule has 0 unspecified atom stereocenters. The number of methoxy groups -OCH3 is 1. The summed E-state index contributed by atoms with van der Waals surface area (Å²) < 4.78 is 36.4. The summed E-state index contributed by atoms with van der Waals surface area (Å²) in [5, 5.41) is 5.85. The van der Waals surface area contributed by atoms with E-state index in [1.165, 1.54) is 11.3 Å². The second kappa shape index (κ2) is 10.5. The molecule has 174 valence electrons. The lowest BCUT2D eigenvalue weighted by Gasteiger charge is -2.10. The molecule has 3 aromatic carbocycles. The Hall–Kier alpha value is -3.01. The lowest BCUT2D eigenvalue weighted by molar-refractivity contribution is 0.415. The van der Waals surface area contributed by atoms with Crippen LogP contribution in [0.4, 0.5) is 5.69 Å². The first-order valence-corrected chi connectivity index (χ1v) is 13.5. The summed E-state index contributed by atoms with van der Waals surface area (Å²) in [6.07, 6.45) is 0.234. The molecule has 6 nitrogen and oxygen atoms in total. The van der Waals surface area contributed by atoms with E-state index in [0.29, 0.717) is 11.4 Å². The van der Waals surface area contributed by atoms with Crippen LogP contribution in [0.2, 0.25) is 0 Å². The van der Waals surface area contributed by atoms with Crippen molar-refractivity contribution in [2.24, 2.45) is 4.40 Å². The van der Waals surface area contributed by atoms with Gasteiger partial charge in [0, 0.05) is 21.1 Å². The average molecular weight is 557 g/mol. The minimum Gasteiger partial charge on any atom is -0.497 e. The van der Waals surface area contributed by atoms with E-state index >= 15 is 0 Å². The van der Waals surface area contributed by atoms with Gasteiger partial charge in [0.1, 0.15) is 16.6 Å². The first-order chi connectivity index (χ1) is 16.3. The minimum atomic E-state index is -3.91. The molecule has 4 rings (SSSR count). The van der Waals surface area contributed by atoms with Gasteiger partial charge in [0.25, 0.3) is 10.0 Å². The highest BCUT2D eigenvalue weighted by atomic mass is 79.9. The van der Waals surface area contributed by atoms with Crippen LogP contribution in [0, 0.1) is 6.92 Å². The Kier molecular flexibility index (Phi) is 7.45. The predicted octanol–water partition coefficient (Wildman–Crippen LogP) is 6.33. The standard InChI is InChI=1S/C25H22BrN3O3S2/c1-17-3-13-22(14-4-17)34(30,31)29-24(27-20-9-11-21(32-2)12-10-20)15-25-28-23(16-33-25)18-5-7-19(26)8-6-18/h3-14,16H,15H2,1-2H3,(H,27,29). The average Bonchev–Trinajstić information content (AvgIpc) is 3.28. The quantitative estimate of drug-likeness (QED) is 0.213. The molecule has 9 heteroatoms. The summed E-state index contributed by atoms with van der Waals surface area (Å²) in [6.45, 7) is 1.90. The molecular weight excluding hydrogens is 534 g/mol. The number of rotatable bonds is 7. The number of nitrogens with zero attached hydrogens (tertiary/aromatic N) is 2. The Balaban J connectivity index is 1.65. The summed E-state index contributed by atoms with van der Waals surface area (Å²) in [6, 6.07) is 21.7. The number of hydrogen-bond acceptors (Lipinski definition) is 5. The van der Waals surface area contributed by atoms with Crippen molar-refractivity contribution in [2.75, 3.05) is 12.4 Å². The largest absolute Gasteiger partial charge is 0.497 e. The zero-order chi connectivity index (χ0) is 24.1. The van der Waals surface area contributed by atoms with Crippen molar-refractivity contribution in [3.05, 3.63) is 93.2 Å². The van der Waals surface area contributed by atoms with E-state index < -0.39 is 10.0 Å². The third-order valence-electron chi connectivity index (χ3n) is 4.94. The summed E-state index contributed by atoms with van der Waals surface area (Å²) >= 11 is 4.90. The summed E-state index contributed by atoms with van der Waals surface area (Å²) in [4.78, 5) is 4.84. The van der Waals surface area contributed by atoms with Crippen molar-refractivity contribution in [1.29, 1.82) is 0 Å². The predicted molar refractivity (Wildman–Crippen MR) is 141 cm³/mol. The second-order valence-electron chi connectivity index (χ2n) is 7.49. The molecule has 0 spiro atoms. The van der Waals surface area contributed by atoms with E-state index in [1.807, 2.05) is 48.7 Å². The molecule has 1 aromatic heterocycles. The molecule has 0 radical (unpaired) electrons. The fourth-order valence-electron chi connectivity index (χ4n) is 3.14. The molecule has 0 fully saturated rings. The van der Waals surface area contributed by atoms with Crippen molar-refractivity contribution >= 4 is 48.8 Å². The van der Waals surface area contributed by atoms with Crippen molar-refractivity contribution in [3.63, 3.8) is 0 Å². The summed E-state index contributed by atoms with van der Waals surface area (Å²) in [5.41, 5.74) is 3.49. The molecule has 0 amide bonds. The van der Waals surface area contributed by atoms with Crippen LogP contribution >= 0.6 is 27.3 Å². The van der Waals surface area contributed by atoms with Crippen molar-refractivity contribution in [1.82, 2.24) is 4.98 Å². The highest BCUT2D eigenvalue weighted by molar-refractivity contribution is 9.10. The van der Waals surface area contributed by atoms with E-state index in [2.05, 4.69) is 25.6 Å². The number of nitrogens with one attached hydrogen (secondary N) is 1. The number of hydrogen-bond donors (Lipinski definition) is 1. The molecule has 0 saturated heterocycles. The molecule has 1 N–H and O–H groups in total. The lowest BCUT2D eigenvalue weighted by atomic mass is 10.2. The third-order valence-corrected chi connectivity index (χ3v) is 7.64. The first kappa shape index (κ1) is 24.1. The van der Waals surface area contributed by atoms with Crippen molar-refractivity contribution < 1.29 is 13.2 Å². The zero-order valence-corrected chi connectivity index (χ0v) is 21.7. The fourth-order valence-corrected chi connectivity index (χ4v) is 5.19. The lowest BCUT2D eigenvalue weighted by Crippen LogP contribution is -2.17. The molecule has 0 aliphatic rings. The topological polar surface area (TPSA) is 80.7 Å². The number of halogens is 1. The molecular formula is C25H22BrN3O3S2. The van der Waals surface area contributed by atoms with Gasteiger partial charge in [0.2, 0.25) is 0 Å². The number of anilines is 1. The van der Waals surface area contributed by atoms with E-state index in [1.54, 1.807) is 43.5 Å². The zero-order valence-electron chi connectivity index (χ0n) is 18.5. The maximum Gasteiger partial charge on any atom is 0.283 e. The number of benzene rings is 3. The summed E-state index contributed by atoms with van der Waals surface area (Å²) in [7, 11) is -2.31. The molecule has 0 aliphatic carbocycles. The SMILES string of the molecule is COc1ccc(N/C(Cc2nc(-c3ccc(Br)cc3)cs2)=N/S(=O)(=O)c2ccc(C)cc2)cc1. The maximum atomic E-state index is 13.0. The molecule has 0 atom stereocenters. The normalized spacial score (nSPS) is 11.9. The first-order valence-electron chi connectivity index (χ1n) is 10.3. The number of aryl methyl sites for hydroxylation is 1. The van der Waals surface area contributed by atoms with E-state index in [4.69, 9.17) is 9.72 Å². The molecule has 0 aliphatic heterocycles. The van der Waals surface area contributed by atoms with Gasteiger partial charge in [0.05, 0.1) is 24.1 Å². The highest BCUT2D eigenvalue weighted by Crippen LogP contribution is 2.25. The van der Waals surface area contributed by atoms with Crippen molar-refractivity contribution in [3.8, 4) is 17.0 Å². The van der Waals surface area contributed by atoms with Gasteiger partial charge < -0.3 is 10.1 Å². The van der Waals surface area contributed by atoms with Gasteiger partial charge in [-0.2, -0.15) is 8.42 Å². The van der Waals surface area contributed by atoms with Crippen LogP contribution in [0.1, 0.15) is 10.6 Å². The molecule has 34 heavy (non-hydrogen) atoms. The van der Waals surface area contributed by atoms with Gasteiger partial charge >= 0.3 is 0 Å². The van der Waals surface area contributed by atoms with Crippen LogP contribution in [0.5, 0.6) is 5.75 Å². The van der Waals surface area contributed by atoms with Gasteiger partial charge in [-0.1, -0.05) is 45.8 Å². The molecule has 4 aromatic rings. The number of thiazole rings is 1. The van der Waals surface area contributed by atoms with E-state index in [0.717, 1.165) is 26.3 Å². The maximum absolute atomic E-state index is 13.0. The summed E-state index contributed by atoms with van der Waals surface area (Å²) in [5.74, 6) is 0.984. The van der Waals surface area contributed by atoms with Crippen LogP contribution < -0.4 is 10.1 Å². The molecule has 1 heterocycles. The monoisotopic (exact) mass is 555 g/mol. The van der Waals surface area contributed by atoms with Crippen LogP contribution in [0.3, 0.4) is 0 Å². The smallest absolute Gasteiger partial charge is 0.283 e. The van der Waals surface area contributed by atoms with E-state index in [-0.39, 0.29) is 17.2 Å². The number of aromatic nitrogens is 1. The van der Waals surface area contributed by atoms with E-state index in [9.17, 15) is 8.42 Å². The fraction of sp³-hybridized carbons (Fsp3) is 0.120. The highest BCUT2D eigenvalue weighted by Gasteiger charge is 2.16. The minimum absolute atomic E-state index is 0.141. The van der Waals surface area contributed by atoms with Crippen LogP contribution in [0.15, 0.2) is 91.9 Å². The third kappa shape index (κ3) is 6.11. The second-order valence-corrected chi connectivity index (χ2v) is 11.0. The van der Waals surface area contributed by atoms with Crippen molar-refractivity contribution in [2.45, 2.75) is 18.2 Å². The Morgan fingerprint density at radius 1 is 1.03 bits per heavy atom. The number of ether oxygens (including phenoxy) is 1. The van der Waals surface area contributed by atoms with Gasteiger partial charge in [-0.05, 0) is 55.5 Å². The number of sulfonamides is 1. The Morgan fingerprint density at radius 3 is 2.35 bits per heavy atom. The van der Waals surface area contributed by atoms with Gasteiger partial charge in [-0.25, -0.2) is 4.98 Å². The van der Waals surface area contributed by atoms with Crippen LogP contribution in [-0.2, 0) is 16.4 Å².